The van der Waals surface area contributed by atoms with Crippen molar-refractivity contribution in [3.63, 3.8) is 0 Å². The van der Waals surface area contributed by atoms with Gasteiger partial charge in [-0.2, -0.15) is 0 Å². The monoisotopic (exact) mass is 515 g/mol. The van der Waals surface area contributed by atoms with Crippen LogP contribution in [0.1, 0.15) is 52.9 Å². The Morgan fingerprint density at radius 1 is 1.05 bits per heavy atom. The zero-order valence-electron chi connectivity index (χ0n) is 22.0. The van der Waals surface area contributed by atoms with Crippen molar-refractivity contribution in [1.29, 1.82) is 0 Å². The summed E-state index contributed by atoms with van der Waals surface area (Å²) in [5, 5.41) is 3.07. The fourth-order valence-electron chi connectivity index (χ4n) is 4.85. The molecule has 2 saturated heterocycles. The smallest absolute Gasteiger partial charge is 0.253 e. The lowest BCUT2D eigenvalue weighted by atomic mass is 9.88. The second kappa shape index (κ2) is 11.9. The van der Waals surface area contributed by atoms with Crippen molar-refractivity contribution >= 4 is 11.5 Å². The maximum absolute atomic E-state index is 13.7. The second-order valence-electron chi connectivity index (χ2n) is 10.2. The molecule has 6 nitrogen and oxygen atoms in total. The number of nitrogens with zero attached hydrogens (tertiary/aromatic N) is 2. The molecule has 2 aromatic carbocycles. The lowest BCUT2D eigenvalue weighted by molar-refractivity contribution is -0.0509. The number of amides is 1. The van der Waals surface area contributed by atoms with E-state index in [2.05, 4.69) is 46.5 Å². The molecule has 7 heteroatoms. The van der Waals surface area contributed by atoms with Crippen LogP contribution in [0, 0.1) is 11.7 Å². The summed E-state index contributed by atoms with van der Waals surface area (Å²) in [5.74, 6) is 0.541. The first-order valence-electron chi connectivity index (χ1n) is 13.2. The molecular formula is C31H34FN3O3. The molecule has 2 aliphatic rings. The summed E-state index contributed by atoms with van der Waals surface area (Å²) in [4.78, 5) is 19.4. The molecule has 1 atom stereocenters. The zero-order valence-corrected chi connectivity index (χ0v) is 22.0. The molecule has 0 spiro atoms. The van der Waals surface area contributed by atoms with Crippen molar-refractivity contribution in [1.82, 2.24) is 15.2 Å². The predicted molar refractivity (Wildman–Crippen MR) is 146 cm³/mol. The maximum Gasteiger partial charge on any atom is 0.253 e. The molecule has 0 unspecified atom stereocenters. The predicted octanol–water partition coefficient (Wildman–Crippen LogP) is 5.26. The summed E-state index contributed by atoms with van der Waals surface area (Å²) in [5.41, 5.74) is 6.16. The molecule has 1 amide bonds. The fraction of sp³-hybridized carbons (Fsp3) is 0.355. The normalized spacial score (nSPS) is 17.0. The molecular weight excluding hydrogens is 481 g/mol. The number of pyridine rings is 1. The average Bonchev–Trinajstić information content (AvgIpc) is 2.90. The molecule has 5 rings (SSSR count). The SMILES string of the molecule is C[C@@H](NC(=O)c1cncc(OCC2COC2)c1)c1ccc(C(=C2CCN(C)CC2)c2ccc(F)cc2)cc1. The highest BCUT2D eigenvalue weighted by Gasteiger charge is 2.20. The van der Waals surface area contributed by atoms with Crippen LogP contribution in [-0.2, 0) is 4.74 Å². The largest absolute Gasteiger partial charge is 0.491 e. The van der Waals surface area contributed by atoms with Gasteiger partial charge in [-0.05, 0) is 67.3 Å². The number of likely N-dealkylation sites (tertiary alicyclic amines) is 1. The minimum absolute atomic E-state index is 0.196. The lowest BCUT2D eigenvalue weighted by Gasteiger charge is -2.27. The number of rotatable bonds is 8. The molecule has 0 aliphatic carbocycles. The van der Waals surface area contributed by atoms with Crippen molar-refractivity contribution in [3.8, 4) is 5.75 Å². The van der Waals surface area contributed by atoms with E-state index in [0.29, 0.717) is 37.1 Å². The Hall–Kier alpha value is -3.55. The highest BCUT2D eigenvalue weighted by Crippen LogP contribution is 2.33. The van der Waals surface area contributed by atoms with Gasteiger partial charge < -0.3 is 19.7 Å². The van der Waals surface area contributed by atoms with E-state index in [1.807, 2.05) is 19.1 Å². The van der Waals surface area contributed by atoms with Crippen molar-refractivity contribution in [2.45, 2.75) is 25.8 Å². The van der Waals surface area contributed by atoms with Crippen LogP contribution >= 0.6 is 0 Å². The van der Waals surface area contributed by atoms with E-state index in [1.54, 1.807) is 18.5 Å². The standard InChI is InChI=1S/C31H34FN3O3/c1-21(34-31(36)27-15-29(17-33-16-27)38-20-22-18-37-19-22)23-3-5-24(6-4-23)30(25-7-9-28(32)10-8-25)26-11-13-35(2)14-12-26/h3-10,15-17,21-22H,11-14,18-20H2,1-2H3,(H,34,36)/t21-/m1/s1. The number of nitrogens with one attached hydrogen (secondary N) is 1. The Kier molecular flexibility index (Phi) is 8.15. The molecule has 2 fully saturated rings. The molecule has 0 radical (unpaired) electrons. The van der Waals surface area contributed by atoms with E-state index < -0.39 is 0 Å². The summed E-state index contributed by atoms with van der Waals surface area (Å²) >= 11 is 0. The Morgan fingerprint density at radius 2 is 1.71 bits per heavy atom. The minimum Gasteiger partial charge on any atom is -0.491 e. The van der Waals surface area contributed by atoms with E-state index in [1.165, 1.54) is 23.3 Å². The first-order valence-corrected chi connectivity index (χ1v) is 13.2. The van der Waals surface area contributed by atoms with Crippen LogP contribution in [0.25, 0.3) is 5.57 Å². The molecule has 3 heterocycles. The van der Waals surface area contributed by atoms with Crippen LogP contribution in [0.2, 0.25) is 0 Å². The summed E-state index contributed by atoms with van der Waals surface area (Å²) in [6, 6.07) is 16.6. The minimum atomic E-state index is -0.235. The van der Waals surface area contributed by atoms with Gasteiger partial charge in [0.1, 0.15) is 11.6 Å². The summed E-state index contributed by atoms with van der Waals surface area (Å²) < 4.78 is 24.6. The lowest BCUT2D eigenvalue weighted by Crippen LogP contribution is -2.32. The molecule has 1 N–H and O–H groups in total. The second-order valence-corrected chi connectivity index (χ2v) is 10.2. The topological polar surface area (TPSA) is 63.7 Å². The number of hydrogen-bond acceptors (Lipinski definition) is 5. The summed E-state index contributed by atoms with van der Waals surface area (Å²) in [6.45, 7) is 5.97. The van der Waals surface area contributed by atoms with Crippen LogP contribution in [0.4, 0.5) is 4.39 Å². The first-order chi connectivity index (χ1) is 18.5. The van der Waals surface area contributed by atoms with Crippen LogP contribution in [-0.4, -0.2) is 55.7 Å². The highest BCUT2D eigenvalue weighted by molar-refractivity contribution is 5.94. The third kappa shape index (κ3) is 6.29. The van der Waals surface area contributed by atoms with Crippen LogP contribution in [0.5, 0.6) is 5.75 Å². The van der Waals surface area contributed by atoms with E-state index in [-0.39, 0.29) is 17.8 Å². The van der Waals surface area contributed by atoms with E-state index in [0.717, 1.165) is 42.6 Å². The van der Waals surface area contributed by atoms with Crippen molar-refractivity contribution in [3.05, 3.63) is 101 Å². The number of carbonyl (C=O) groups is 1. The van der Waals surface area contributed by atoms with Crippen LogP contribution < -0.4 is 10.1 Å². The van der Waals surface area contributed by atoms with Crippen molar-refractivity contribution < 1.29 is 18.7 Å². The molecule has 198 valence electrons. The van der Waals surface area contributed by atoms with Crippen LogP contribution in [0.15, 0.2) is 72.6 Å². The third-order valence-electron chi connectivity index (χ3n) is 7.29. The number of carbonyl (C=O) groups excluding carboxylic acids is 1. The van der Waals surface area contributed by atoms with Crippen LogP contribution in [0.3, 0.4) is 0 Å². The van der Waals surface area contributed by atoms with E-state index in [9.17, 15) is 9.18 Å². The van der Waals surface area contributed by atoms with Gasteiger partial charge in [-0.15, -0.1) is 0 Å². The van der Waals surface area contributed by atoms with Gasteiger partial charge >= 0.3 is 0 Å². The molecule has 38 heavy (non-hydrogen) atoms. The number of ether oxygens (including phenoxy) is 2. The molecule has 1 aromatic heterocycles. The van der Waals surface area contributed by atoms with Gasteiger partial charge in [-0.1, -0.05) is 42.0 Å². The quantitative estimate of drug-likeness (QED) is 0.443. The highest BCUT2D eigenvalue weighted by atomic mass is 19.1. The van der Waals surface area contributed by atoms with Gasteiger partial charge in [0.2, 0.25) is 0 Å². The Morgan fingerprint density at radius 3 is 2.34 bits per heavy atom. The molecule has 3 aromatic rings. The maximum atomic E-state index is 13.7. The number of piperidine rings is 1. The molecule has 2 aliphatic heterocycles. The summed E-state index contributed by atoms with van der Waals surface area (Å²) in [6.07, 6.45) is 5.15. The first kappa shape index (κ1) is 26.1. The third-order valence-corrected chi connectivity index (χ3v) is 7.29. The van der Waals surface area contributed by atoms with E-state index in [4.69, 9.17) is 9.47 Å². The molecule has 0 saturated carbocycles. The van der Waals surface area contributed by atoms with E-state index >= 15 is 0 Å². The van der Waals surface area contributed by atoms with Gasteiger partial charge in [-0.25, -0.2) is 4.39 Å². The van der Waals surface area contributed by atoms with Gasteiger partial charge in [-0.3, -0.25) is 9.78 Å². The number of aromatic nitrogens is 1. The van der Waals surface area contributed by atoms with Gasteiger partial charge in [0.05, 0.1) is 37.6 Å². The van der Waals surface area contributed by atoms with Gasteiger partial charge in [0.25, 0.3) is 5.91 Å². The molecule has 0 bridgehead atoms. The van der Waals surface area contributed by atoms with Crippen molar-refractivity contribution in [2.24, 2.45) is 5.92 Å². The zero-order chi connectivity index (χ0) is 26.5. The van der Waals surface area contributed by atoms with Gasteiger partial charge in [0.15, 0.2) is 0 Å². The fourth-order valence-corrected chi connectivity index (χ4v) is 4.85. The number of halogens is 1. The number of hydrogen-bond donors (Lipinski definition) is 1. The Labute approximate surface area is 223 Å². The van der Waals surface area contributed by atoms with Gasteiger partial charge in [0, 0.05) is 25.2 Å². The Balaban J connectivity index is 1.29. The van der Waals surface area contributed by atoms with Crippen molar-refractivity contribution in [2.75, 3.05) is 40.0 Å². The Bertz CT molecular complexity index is 1280. The summed E-state index contributed by atoms with van der Waals surface area (Å²) in [7, 11) is 2.14. The average molecular weight is 516 g/mol. The number of benzene rings is 2.